The molecule has 2 aliphatic carbocycles. The molecule has 3 rings (SSSR count). The molecule has 0 aromatic heterocycles. The Balaban J connectivity index is 1.62. The molecule has 0 amide bonds. The summed E-state index contributed by atoms with van der Waals surface area (Å²) in [5, 5.41) is 3.82. The third kappa shape index (κ3) is 2.26. The lowest BCUT2D eigenvalue weighted by molar-refractivity contribution is 0.0716. The average Bonchev–Trinajstić information content (AvgIpc) is 3.13. The summed E-state index contributed by atoms with van der Waals surface area (Å²) >= 11 is 0. The monoisotopic (exact) mass is 236 g/mol. The predicted molar refractivity (Wildman–Crippen MR) is 72.1 cm³/mol. The van der Waals surface area contributed by atoms with E-state index in [0.29, 0.717) is 5.54 Å². The van der Waals surface area contributed by atoms with Gasteiger partial charge in [0.15, 0.2) is 0 Å². The molecular formula is C15H28N2. The van der Waals surface area contributed by atoms with E-state index >= 15 is 0 Å². The van der Waals surface area contributed by atoms with Gasteiger partial charge in [-0.15, -0.1) is 0 Å². The van der Waals surface area contributed by atoms with Gasteiger partial charge in [-0.25, -0.2) is 0 Å². The van der Waals surface area contributed by atoms with Gasteiger partial charge in [0, 0.05) is 30.7 Å². The van der Waals surface area contributed by atoms with Crippen LogP contribution in [0.4, 0.5) is 0 Å². The fourth-order valence-electron chi connectivity index (χ4n) is 3.85. The third-order valence-electron chi connectivity index (χ3n) is 5.33. The molecule has 4 unspecified atom stereocenters. The van der Waals surface area contributed by atoms with E-state index in [-0.39, 0.29) is 0 Å². The van der Waals surface area contributed by atoms with Gasteiger partial charge in [-0.3, -0.25) is 4.90 Å². The summed E-state index contributed by atoms with van der Waals surface area (Å²) in [6.45, 7) is 9.68. The minimum Gasteiger partial charge on any atom is -0.308 e. The van der Waals surface area contributed by atoms with Gasteiger partial charge < -0.3 is 5.32 Å². The van der Waals surface area contributed by atoms with E-state index in [1.807, 2.05) is 0 Å². The molecule has 2 saturated carbocycles. The quantitative estimate of drug-likeness (QED) is 0.807. The smallest absolute Gasteiger partial charge is 0.0309 e. The second-order valence-electron chi connectivity index (χ2n) is 6.95. The minimum absolute atomic E-state index is 0.422. The van der Waals surface area contributed by atoms with Crippen LogP contribution in [-0.4, -0.2) is 35.6 Å². The van der Waals surface area contributed by atoms with Crippen LogP contribution in [0.25, 0.3) is 0 Å². The second-order valence-corrected chi connectivity index (χ2v) is 6.95. The molecule has 98 valence electrons. The van der Waals surface area contributed by atoms with Gasteiger partial charge in [-0.05, 0) is 51.4 Å². The van der Waals surface area contributed by atoms with Gasteiger partial charge in [-0.1, -0.05) is 13.3 Å². The summed E-state index contributed by atoms with van der Waals surface area (Å²) in [6.07, 6.45) is 7.19. The van der Waals surface area contributed by atoms with Gasteiger partial charge >= 0.3 is 0 Å². The second kappa shape index (κ2) is 4.24. The molecular weight excluding hydrogens is 208 g/mol. The van der Waals surface area contributed by atoms with Crippen LogP contribution >= 0.6 is 0 Å². The molecule has 2 nitrogen and oxygen atoms in total. The van der Waals surface area contributed by atoms with E-state index in [4.69, 9.17) is 0 Å². The Morgan fingerprint density at radius 3 is 2.76 bits per heavy atom. The van der Waals surface area contributed by atoms with Crippen molar-refractivity contribution >= 4 is 0 Å². The zero-order chi connectivity index (χ0) is 12.0. The van der Waals surface area contributed by atoms with Gasteiger partial charge in [0.05, 0.1) is 0 Å². The standard InChI is InChI=1S/C15H28N2/c1-4-5-12-8-14(12)17-10-15(3,13-6-7-13)16-9-11(17)2/h11-14,16H,4-10H2,1-3H3. The van der Waals surface area contributed by atoms with Crippen LogP contribution in [0.2, 0.25) is 0 Å². The molecule has 1 heterocycles. The average molecular weight is 236 g/mol. The highest BCUT2D eigenvalue weighted by atomic mass is 15.3. The molecule has 3 aliphatic rings. The van der Waals surface area contributed by atoms with Crippen molar-refractivity contribution in [3.8, 4) is 0 Å². The lowest BCUT2D eigenvalue weighted by Gasteiger charge is -2.46. The molecule has 1 aliphatic heterocycles. The zero-order valence-electron chi connectivity index (χ0n) is 11.7. The molecule has 1 N–H and O–H groups in total. The maximum absolute atomic E-state index is 3.82. The molecule has 1 saturated heterocycles. The first-order valence-electron chi connectivity index (χ1n) is 7.65. The largest absolute Gasteiger partial charge is 0.308 e. The van der Waals surface area contributed by atoms with E-state index < -0.39 is 0 Å². The van der Waals surface area contributed by atoms with E-state index in [0.717, 1.165) is 23.9 Å². The van der Waals surface area contributed by atoms with E-state index in [1.165, 1.54) is 45.2 Å². The highest BCUT2D eigenvalue weighted by molar-refractivity contribution is 5.07. The van der Waals surface area contributed by atoms with Crippen LogP contribution in [0.3, 0.4) is 0 Å². The third-order valence-corrected chi connectivity index (χ3v) is 5.33. The fourth-order valence-corrected chi connectivity index (χ4v) is 3.85. The number of rotatable bonds is 4. The van der Waals surface area contributed by atoms with Gasteiger partial charge in [0.2, 0.25) is 0 Å². The van der Waals surface area contributed by atoms with Crippen molar-refractivity contribution in [1.82, 2.24) is 10.2 Å². The first kappa shape index (κ1) is 12.0. The van der Waals surface area contributed by atoms with Crippen molar-refractivity contribution in [2.45, 2.75) is 70.5 Å². The Bertz CT molecular complexity index is 287. The lowest BCUT2D eigenvalue weighted by Crippen LogP contribution is -2.63. The topological polar surface area (TPSA) is 15.3 Å². The van der Waals surface area contributed by atoms with Crippen molar-refractivity contribution < 1.29 is 0 Å². The van der Waals surface area contributed by atoms with Crippen LogP contribution in [0.5, 0.6) is 0 Å². The highest BCUT2D eigenvalue weighted by Gasteiger charge is 2.50. The van der Waals surface area contributed by atoms with Crippen molar-refractivity contribution in [2.24, 2.45) is 11.8 Å². The summed E-state index contributed by atoms with van der Waals surface area (Å²) in [5.74, 6) is 1.98. The Morgan fingerprint density at radius 2 is 2.12 bits per heavy atom. The van der Waals surface area contributed by atoms with Gasteiger partial charge in [0.25, 0.3) is 0 Å². The van der Waals surface area contributed by atoms with Crippen LogP contribution in [-0.2, 0) is 0 Å². The Morgan fingerprint density at radius 1 is 1.35 bits per heavy atom. The SMILES string of the molecule is CCCC1CC1N1CC(C)(C2CC2)NCC1C. The van der Waals surface area contributed by atoms with E-state index in [9.17, 15) is 0 Å². The van der Waals surface area contributed by atoms with Gasteiger partial charge in [-0.2, -0.15) is 0 Å². The maximum atomic E-state index is 3.82. The predicted octanol–water partition coefficient (Wildman–Crippen LogP) is 2.64. The first-order valence-corrected chi connectivity index (χ1v) is 7.65. The molecule has 17 heavy (non-hydrogen) atoms. The molecule has 2 heteroatoms. The molecule has 0 radical (unpaired) electrons. The number of hydrogen-bond donors (Lipinski definition) is 1. The maximum Gasteiger partial charge on any atom is 0.0309 e. The lowest BCUT2D eigenvalue weighted by atomic mass is 9.91. The van der Waals surface area contributed by atoms with Crippen molar-refractivity contribution in [3.63, 3.8) is 0 Å². The summed E-state index contributed by atoms with van der Waals surface area (Å²) in [7, 11) is 0. The van der Waals surface area contributed by atoms with E-state index in [2.05, 4.69) is 31.0 Å². The van der Waals surface area contributed by atoms with Crippen molar-refractivity contribution in [3.05, 3.63) is 0 Å². The normalized spacial score (nSPS) is 47.1. The van der Waals surface area contributed by atoms with Gasteiger partial charge in [0.1, 0.15) is 0 Å². The number of nitrogens with one attached hydrogen (secondary N) is 1. The van der Waals surface area contributed by atoms with Crippen LogP contribution in [0, 0.1) is 11.8 Å². The summed E-state index contributed by atoms with van der Waals surface area (Å²) in [6, 6.07) is 1.67. The fraction of sp³-hybridized carbons (Fsp3) is 1.00. The summed E-state index contributed by atoms with van der Waals surface area (Å²) in [4.78, 5) is 2.83. The number of piperazine rings is 1. The van der Waals surface area contributed by atoms with E-state index in [1.54, 1.807) is 0 Å². The summed E-state index contributed by atoms with van der Waals surface area (Å²) in [5.41, 5.74) is 0.422. The zero-order valence-corrected chi connectivity index (χ0v) is 11.7. The van der Waals surface area contributed by atoms with Crippen LogP contribution in [0.15, 0.2) is 0 Å². The molecule has 0 aromatic rings. The summed E-state index contributed by atoms with van der Waals surface area (Å²) < 4.78 is 0. The number of nitrogens with zero attached hydrogens (tertiary/aromatic N) is 1. The van der Waals surface area contributed by atoms with Crippen LogP contribution in [0.1, 0.15) is 52.9 Å². The minimum atomic E-state index is 0.422. The highest BCUT2D eigenvalue weighted by Crippen LogP contribution is 2.46. The Kier molecular flexibility index (Phi) is 2.99. The molecule has 0 spiro atoms. The molecule has 0 aromatic carbocycles. The molecule has 4 atom stereocenters. The van der Waals surface area contributed by atoms with Crippen molar-refractivity contribution in [1.29, 1.82) is 0 Å². The first-order chi connectivity index (χ1) is 8.14. The van der Waals surface area contributed by atoms with Crippen LogP contribution < -0.4 is 5.32 Å². The Labute approximate surface area is 106 Å². The number of hydrogen-bond acceptors (Lipinski definition) is 2. The molecule has 0 bridgehead atoms. The molecule has 3 fully saturated rings. The Hall–Kier alpha value is -0.0800. The van der Waals surface area contributed by atoms with Crippen molar-refractivity contribution in [2.75, 3.05) is 13.1 Å².